The van der Waals surface area contributed by atoms with Crippen molar-refractivity contribution in [2.24, 2.45) is 0 Å². The molecule has 1 atom stereocenters. The lowest BCUT2D eigenvalue weighted by Gasteiger charge is -2.18. The molecule has 0 unspecified atom stereocenters. The average molecular weight is 326 g/mol. The molecule has 0 saturated heterocycles. The summed E-state index contributed by atoms with van der Waals surface area (Å²) in [5.74, 6) is 0. The summed E-state index contributed by atoms with van der Waals surface area (Å²) in [6.07, 6.45) is 3.65. The van der Waals surface area contributed by atoms with Crippen molar-refractivity contribution in [2.75, 3.05) is 11.9 Å². The number of hydrogen-bond donors (Lipinski definition) is 2. The summed E-state index contributed by atoms with van der Waals surface area (Å²) < 4.78 is 1.86. The zero-order valence-electron chi connectivity index (χ0n) is 12.8. The fraction of sp³-hybridized carbons (Fsp3) is 0.176. The highest BCUT2D eigenvalue weighted by atomic mass is 32.1. The molecule has 0 aliphatic carbocycles. The third-order valence-electron chi connectivity index (χ3n) is 3.62. The number of para-hydroxylation sites is 1. The molecule has 1 aromatic carbocycles. The second-order valence-electron chi connectivity index (χ2n) is 5.21. The molecule has 0 bridgehead atoms. The first-order chi connectivity index (χ1) is 11.2. The zero-order chi connectivity index (χ0) is 16.1. The predicted octanol–water partition coefficient (Wildman–Crippen LogP) is 3.66. The first kappa shape index (κ1) is 15.3. The molecule has 6 heteroatoms. The normalized spacial score (nSPS) is 11.9. The molecule has 0 aliphatic rings. The van der Waals surface area contributed by atoms with Crippen LogP contribution in [0.3, 0.4) is 0 Å². The molecule has 5 nitrogen and oxygen atoms in total. The van der Waals surface area contributed by atoms with E-state index in [1.807, 2.05) is 53.5 Å². The Balaban J connectivity index is 1.65. The van der Waals surface area contributed by atoms with Crippen LogP contribution in [0.4, 0.5) is 10.5 Å². The second kappa shape index (κ2) is 7.11. The van der Waals surface area contributed by atoms with Crippen LogP contribution in [0.1, 0.15) is 17.2 Å². The summed E-state index contributed by atoms with van der Waals surface area (Å²) >= 11 is 1.63. The number of carbonyl (C=O) groups excluding carboxylic acids is 1. The quantitative estimate of drug-likeness (QED) is 0.751. The molecule has 3 rings (SSSR count). The van der Waals surface area contributed by atoms with E-state index in [9.17, 15) is 4.79 Å². The SMILES string of the molecule is Cc1ccccc1NC(=O)NC[C@H](c1ccsc1)n1cccn1. The molecule has 2 heterocycles. The Labute approximate surface area is 139 Å². The minimum atomic E-state index is -0.216. The molecule has 2 N–H and O–H groups in total. The fourth-order valence-corrected chi connectivity index (χ4v) is 3.07. The van der Waals surface area contributed by atoms with Crippen LogP contribution in [0.25, 0.3) is 0 Å². The molecular weight excluding hydrogens is 308 g/mol. The van der Waals surface area contributed by atoms with Crippen LogP contribution in [-0.2, 0) is 0 Å². The van der Waals surface area contributed by atoms with Crippen molar-refractivity contribution in [3.8, 4) is 0 Å². The van der Waals surface area contributed by atoms with Crippen LogP contribution in [-0.4, -0.2) is 22.4 Å². The van der Waals surface area contributed by atoms with Gasteiger partial charge in [-0.2, -0.15) is 16.4 Å². The van der Waals surface area contributed by atoms with Crippen molar-refractivity contribution >= 4 is 23.1 Å². The molecule has 2 amide bonds. The van der Waals surface area contributed by atoms with Crippen LogP contribution in [0.15, 0.2) is 59.6 Å². The van der Waals surface area contributed by atoms with Crippen LogP contribution in [0, 0.1) is 6.92 Å². The third-order valence-corrected chi connectivity index (χ3v) is 4.32. The van der Waals surface area contributed by atoms with Gasteiger partial charge in [0, 0.05) is 24.6 Å². The maximum Gasteiger partial charge on any atom is 0.319 e. The summed E-state index contributed by atoms with van der Waals surface area (Å²) in [4.78, 5) is 12.2. The standard InChI is InChI=1S/C17H18N4OS/c1-13-5-2-3-6-15(13)20-17(22)18-11-16(14-7-10-23-12-14)21-9-4-8-19-21/h2-10,12,16H,11H2,1H3,(H2,18,20,22)/t16-/m1/s1. The van der Waals surface area contributed by atoms with E-state index in [0.717, 1.165) is 16.8 Å². The Bertz CT molecular complexity index is 719. The van der Waals surface area contributed by atoms with Gasteiger partial charge in [-0.15, -0.1) is 0 Å². The number of rotatable bonds is 5. The van der Waals surface area contributed by atoms with Crippen molar-refractivity contribution in [1.29, 1.82) is 0 Å². The highest BCUT2D eigenvalue weighted by Crippen LogP contribution is 2.19. The lowest BCUT2D eigenvalue weighted by molar-refractivity contribution is 0.250. The van der Waals surface area contributed by atoms with Gasteiger partial charge >= 0.3 is 6.03 Å². The molecule has 118 valence electrons. The number of anilines is 1. The largest absolute Gasteiger partial charge is 0.335 e. The van der Waals surface area contributed by atoms with Gasteiger partial charge in [-0.1, -0.05) is 18.2 Å². The number of hydrogen-bond acceptors (Lipinski definition) is 3. The molecule has 3 aromatic rings. The van der Waals surface area contributed by atoms with Crippen LogP contribution >= 0.6 is 11.3 Å². The maximum atomic E-state index is 12.2. The molecule has 0 fully saturated rings. The summed E-state index contributed by atoms with van der Waals surface area (Å²) in [5, 5.41) is 14.2. The molecule has 0 saturated carbocycles. The van der Waals surface area contributed by atoms with E-state index in [2.05, 4.69) is 27.2 Å². The van der Waals surface area contributed by atoms with E-state index in [1.165, 1.54) is 0 Å². The Morgan fingerprint density at radius 2 is 2.17 bits per heavy atom. The van der Waals surface area contributed by atoms with Crippen molar-refractivity contribution in [2.45, 2.75) is 13.0 Å². The summed E-state index contributed by atoms with van der Waals surface area (Å²) in [5.41, 5.74) is 2.98. The number of benzene rings is 1. The minimum absolute atomic E-state index is 0.0149. The molecule has 0 radical (unpaired) electrons. The first-order valence-electron chi connectivity index (χ1n) is 7.36. The van der Waals surface area contributed by atoms with Gasteiger partial charge in [0.25, 0.3) is 0 Å². The fourth-order valence-electron chi connectivity index (χ4n) is 2.36. The average Bonchev–Trinajstić information content (AvgIpc) is 3.23. The lowest BCUT2D eigenvalue weighted by Crippen LogP contribution is -2.34. The van der Waals surface area contributed by atoms with E-state index < -0.39 is 0 Å². The van der Waals surface area contributed by atoms with E-state index in [1.54, 1.807) is 17.5 Å². The van der Waals surface area contributed by atoms with Gasteiger partial charge in [0.15, 0.2) is 0 Å². The molecule has 0 aliphatic heterocycles. The number of thiophene rings is 1. The van der Waals surface area contributed by atoms with Crippen molar-refractivity contribution in [3.63, 3.8) is 0 Å². The van der Waals surface area contributed by atoms with Gasteiger partial charge in [0.2, 0.25) is 0 Å². The number of aromatic nitrogens is 2. The molecule has 23 heavy (non-hydrogen) atoms. The third kappa shape index (κ3) is 3.78. The number of nitrogens with one attached hydrogen (secondary N) is 2. The topological polar surface area (TPSA) is 59.0 Å². The predicted molar refractivity (Wildman–Crippen MR) is 92.9 cm³/mol. The number of carbonyl (C=O) groups is 1. The summed E-state index contributed by atoms with van der Waals surface area (Å²) in [6, 6.07) is 11.4. The van der Waals surface area contributed by atoms with Crippen LogP contribution in [0.2, 0.25) is 0 Å². The number of nitrogens with zero attached hydrogens (tertiary/aromatic N) is 2. The van der Waals surface area contributed by atoms with Gasteiger partial charge in [0.1, 0.15) is 0 Å². The Hall–Kier alpha value is -2.60. The van der Waals surface area contributed by atoms with E-state index >= 15 is 0 Å². The number of urea groups is 1. The maximum absolute atomic E-state index is 12.2. The van der Waals surface area contributed by atoms with E-state index in [-0.39, 0.29) is 12.1 Å². The van der Waals surface area contributed by atoms with E-state index in [4.69, 9.17) is 0 Å². The van der Waals surface area contributed by atoms with Gasteiger partial charge in [-0.05, 0) is 47.0 Å². The highest BCUT2D eigenvalue weighted by Gasteiger charge is 2.16. The summed E-state index contributed by atoms with van der Waals surface area (Å²) in [6.45, 7) is 2.43. The molecule has 0 spiro atoms. The Morgan fingerprint density at radius 3 is 2.87 bits per heavy atom. The van der Waals surface area contributed by atoms with Crippen LogP contribution in [0.5, 0.6) is 0 Å². The minimum Gasteiger partial charge on any atom is -0.335 e. The van der Waals surface area contributed by atoms with Crippen molar-refractivity contribution in [1.82, 2.24) is 15.1 Å². The van der Waals surface area contributed by atoms with Crippen molar-refractivity contribution in [3.05, 3.63) is 70.7 Å². The smallest absolute Gasteiger partial charge is 0.319 e. The van der Waals surface area contributed by atoms with E-state index in [0.29, 0.717) is 6.54 Å². The first-order valence-corrected chi connectivity index (χ1v) is 8.30. The number of amides is 2. The van der Waals surface area contributed by atoms with Gasteiger partial charge < -0.3 is 10.6 Å². The van der Waals surface area contributed by atoms with Gasteiger partial charge in [-0.3, -0.25) is 4.68 Å². The monoisotopic (exact) mass is 326 g/mol. The van der Waals surface area contributed by atoms with Gasteiger partial charge in [0.05, 0.1) is 6.04 Å². The van der Waals surface area contributed by atoms with Gasteiger partial charge in [-0.25, -0.2) is 4.79 Å². The zero-order valence-corrected chi connectivity index (χ0v) is 13.6. The Morgan fingerprint density at radius 1 is 1.30 bits per heavy atom. The number of aryl methyl sites for hydroxylation is 1. The summed E-state index contributed by atoms with van der Waals surface area (Å²) in [7, 11) is 0. The second-order valence-corrected chi connectivity index (χ2v) is 5.99. The molecular formula is C17H18N4OS. The lowest BCUT2D eigenvalue weighted by atomic mass is 10.1. The highest BCUT2D eigenvalue weighted by molar-refractivity contribution is 7.07. The van der Waals surface area contributed by atoms with Crippen molar-refractivity contribution < 1.29 is 4.79 Å². The van der Waals surface area contributed by atoms with Crippen LogP contribution < -0.4 is 10.6 Å². The molecule has 2 aromatic heterocycles. The Kier molecular flexibility index (Phi) is 4.73.